The van der Waals surface area contributed by atoms with Gasteiger partial charge in [0.2, 0.25) is 5.95 Å². The first kappa shape index (κ1) is 32.6. The number of amides is 1. The molecule has 248 valence electrons. The number of nitrogens with one attached hydrogen (secondary N) is 1. The number of hydrogen-bond donors (Lipinski definition) is 1. The molecule has 3 aliphatic rings. The minimum Gasteiger partial charge on any atom is -0.483 e. The van der Waals surface area contributed by atoms with E-state index >= 15 is 8.78 Å². The molecule has 1 atom stereocenters. The van der Waals surface area contributed by atoms with Gasteiger partial charge in [-0.15, -0.1) is 0 Å². The number of hydrogen-bond acceptors (Lipinski definition) is 9. The number of likely N-dealkylation sites (tertiary alicyclic amines) is 2. The van der Waals surface area contributed by atoms with Crippen LogP contribution in [0.5, 0.6) is 5.75 Å². The monoisotopic (exact) mass is 646 g/mol. The van der Waals surface area contributed by atoms with E-state index in [9.17, 15) is 10.1 Å². The maximum atomic E-state index is 15.1. The SMILES string of the molecule is CC(C)(C)OC(=O)N1CC[C@H](Oc2ccc(-c3ccnc(Nc4ccc(C5CCN(C6COC6)CC5)cc4)n3)cc2C#N)C(F)(F)C1. The van der Waals surface area contributed by atoms with Crippen LogP contribution < -0.4 is 10.1 Å². The zero-order valence-electron chi connectivity index (χ0n) is 26.9. The highest BCUT2D eigenvalue weighted by Gasteiger charge is 2.48. The van der Waals surface area contributed by atoms with Crippen molar-refractivity contribution in [1.29, 1.82) is 5.26 Å². The summed E-state index contributed by atoms with van der Waals surface area (Å²) in [5, 5.41) is 13.1. The van der Waals surface area contributed by atoms with Crippen LogP contribution in [0.25, 0.3) is 11.3 Å². The summed E-state index contributed by atoms with van der Waals surface area (Å²) in [7, 11) is 0. The normalized spacial score (nSPS) is 20.6. The van der Waals surface area contributed by atoms with Gasteiger partial charge < -0.3 is 24.4 Å². The van der Waals surface area contributed by atoms with Crippen molar-refractivity contribution in [3.05, 3.63) is 65.9 Å². The number of carbonyl (C=O) groups excluding carboxylic acids is 1. The molecule has 12 heteroatoms. The van der Waals surface area contributed by atoms with Crippen molar-refractivity contribution in [2.24, 2.45) is 0 Å². The van der Waals surface area contributed by atoms with E-state index in [0.717, 1.165) is 49.7 Å². The summed E-state index contributed by atoms with van der Waals surface area (Å²) >= 11 is 0. The highest BCUT2D eigenvalue weighted by molar-refractivity contribution is 5.68. The highest BCUT2D eigenvalue weighted by Crippen LogP contribution is 2.35. The molecule has 3 saturated heterocycles. The number of benzene rings is 2. The van der Waals surface area contributed by atoms with E-state index in [1.807, 2.05) is 12.1 Å². The van der Waals surface area contributed by atoms with Gasteiger partial charge in [-0.05, 0) is 94.6 Å². The van der Waals surface area contributed by atoms with E-state index in [1.54, 1.807) is 45.2 Å². The molecule has 3 aliphatic heterocycles. The quantitative estimate of drug-likeness (QED) is 0.313. The largest absolute Gasteiger partial charge is 0.483 e. The first-order chi connectivity index (χ1) is 22.5. The second-order valence-corrected chi connectivity index (χ2v) is 13.4. The van der Waals surface area contributed by atoms with Crippen LogP contribution in [0.3, 0.4) is 0 Å². The fraction of sp³-hybridized carbons (Fsp3) is 0.486. The summed E-state index contributed by atoms with van der Waals surface area (Å²) in [4.78, 5) is 24.9. The van der Waals surface area contributed by atoms with E-state index in [4.69, 9.17) is 14.2 Å². The molecule has 1 aromatic heterocycles. The maximum Gasteiger partial charge on any atom is 0.410 e. The number of nitriles is 1. The Balaban J connectivity index is 1.08. The van der Waals surface area contributed by atoms with E-state index in [1.165, 1.54) is 11.6 Å². The Morgan fingerprint density at radius 3 is 2.45 bits per heavy atom. The molecule has 0 unspecified atom stereocenters. The number of piperidine rings is 2. The van der Waals surface area contributed by atoms with Gasteiger partial charge in [0.1, 0.15) is 17.4 Å². The molecule has 4 heterocycles. The molecule has 0 spiro atoms. The molecule has 6 rings (SSSR count). The average Bonchev–Trinajstić information content (AvgIpc) is 3.01. The second kappa shape index (κ2) is 13.4. The standard InChI is InChI=1S/C35H40F2N6O4/c1-34(2,3)47-33(44)43-17-13-31(35(36,37)22-43)46-30-9-6-25(18-26(30)19-38)29-10-14-39-32(41-29)40-27-7-4-23(5-8-27)24-11-15-42(16-12-24)28-20-45-21-28/h4-10,14,18,24,28,31H,11-13,15-17,20-22H2,1-3H3,(H,39,40,41)/t31-/m0/s1. The Labute approximate surface area is 273 Å². The molecule has 0 radical (unpaired) electrons. The van der Waals surface area contributed by atoms with E-state index in [0.29, 0.717) is 29.2 Å². The topological polar surface area (TPSA) is 113 Å². The fourth-order valence-electron chi connectivity index (χ4n) is 6.16. The Morgan fingerprint density at radius 2 is 1.81 bits per heavy atom. The van der Waals surface area contributed by atoms with Crippen LogP contribution in [-0.2, 0) is 9.47 Å². The summed E-state index contributed by atoms with van der Waals surface area (Å²) in [5.41, 5.74) is 2.66. The zero-order chi connectivity index (χ0) is 33.2. The first-order valence-corrected chi connectivity index (χ1v) is 16.1. The van der Waals surface area contributed by atoms with E-state index in [2.05, 4.69) is 38.4 Å². The predicted octanol–water partition coefficient (Wildman–Crippen LogP) is 6.36. The van der Waals surface area contributed by atoms with Crippen LogP contribution in [-0.4, -0.2) is 88.9 Å². The summed E-state index contributed by atoms with van der Waals surface area (Å²) in [6.45, 7) is 8.17. The molecule has 1 amide bonds. The molecule has 3 aromatic rings. The van der Waals surface area contributed by atoms with Gasteiger partial charge in [-0.2, -0.15) is 5.26 Å². The van der Waals surface area contributed by atoms with Crippen molar-refractivity contribution in [2.75, 3.05) is 44.7 Å². The van der Waals surface area contributed by atoms with Gasteiger partial charge in [0.25, 0.3) is 0 Å². The molecular weight excluding hydrogens is 606 g/mol. The van der Waals surface area contributed by atoms with Crippen molar-refractivity contribution in [3.63, 3.8) is 0 Å². The van der Waals surface area contributed by atoms with E-state index in [-0.39, 0.29) is 24.3 Å². The van der Waals surface area contributed by atoms with Gasteiger partial charge in [0.15, 0.2) is 6.10 Å². The van der Waals surface area contributed by atoms with Crippen LogP contribution >= 0.6 is 0 Å². The summed E-state index contributed by atoms with van der Waals surface area (Å²) in [6, 6.07) is 17.5. The summed E-state index contributed by atoms with van der Waals surface area (Å²) in [5.74, 6) is -2.36. The van der Waals surface area contributed by atoms with Crippen molar-refractivity contribution < 1.29 is 27.8 Å². The van der Waals surface area contributed by atoms with Crippen molar-refractivity contribution in [3.8, 4) is 23.1 Å². The lowest BCUT2D eigenvalue weighted by molar-refractivity contribution is -0.137. The third-order valence-electron chi connectivity index (χ3n) is 8.81. The molecule has 3 fully saturated rings. The highest BCUT2D eigenvalue weighted by atomic mass is 19.3. The lowest BCUT2D eigenvalue weighted by Gasteiger charge is -2.41. The third kappa shape index (κ3) is 7.80. The van der Waals surface area contributed by atoms with Crippen LogP contribution in [0.2, 0.25) is 0 Å². The Morgan fingerprint density at radius 1 is 1.06 bits per heavy atom. The number of rotatable bonds is 7. The maximum absolute atomic E-state index is 15.1. The minimum atomic E-state index is -3.34. The van der Waals surface area contributed by atoms with Crippen LogP contribution in [0, 0.1) is 11.3 Å². The smallest absolute Gasteiger partial charge is 0.410 e. The predicted molar refractivity (Wildman–Crippen MR) is 172 cm³/mol. The lowest BCUT2D eigenvalue weighted by Crippen LogP contribution is -2.56. The molecule has 0 saturated carbocycles. The number of carbonyl (C=O) groups is 1. The number of aromatic nitrogens is 2. The number of halogens is 2. The Hall–Kier alpha value is -4.34. The number of nitrogens with zero attached hydrogens (tertiary/aromatic N) is 5. The van der Waals surface area contributed by atoms with Crippen molar-refractivity contribution >= 4 is 17.7 Å². The van der Waals surface area contributed by atoms with Gasteiger partial charge in [0.05, 0.1) is 37.1 Å². The molecule has 2 aromatic carbocycles. The third-order valence-corrected chi connectivity index (χ3v) is 8.81. The Bertz CT molecular complexity index is 1610. The molecule has 1 N–H and O–H groups in total. The first-order valence-electron chi connectivity index (χ1n) is 16.1. The van der Waals surface area contributed by atoms with Gasteiger partial charge >= 0.3 is 12.0 Å². The van der Waals surface area contributed by atoms with Crippen molar-refractivity contribution in [1.82, 2.24) is 19.8 Å². The molecule has 10 nitrogen and oxygen atoms in total. The molecule has 47 heavy (non-hydrogen) atoms. The van der Waals surface area contributed by atoms with Crippen LogP contribution in [0.4, 0.5) is 25.2 Å². The molecular formula is C35H40F2N6O4. The van der Waals surface area contributed by atoms with Crippen LogP contribution in [0.15, 0.2) is 54.7 Å². The average molecular weight is 647 g/mol. The van der Waals surface area contributed by atoms with Gasteiger partial charge in [-0.25, -0.2) is 23.5 Å². The molecule has 0 bridgehead atoms. The Kier molecular flexibility index (Phi) is 9.30. The number of anilines is 2. The van der Waals surface area contributed by atoms with Gasteiger partial charge in [-0.3, -0.25) is 4.90 Å². The van der Waals surface area contributed by atoms with Crippen LogP contribution in [0.1, 0.15) is 57.1 Å². The summed E-state index contributed by atoms with van der Waals surface area (Å²) in [6.07, 6.45) is 1.49. The second-order valence-electron chi connectivity index (χ2n) is 13.4. The number of ether oxygens (including phenoxy) is 3. The van der Waals surface area contributed by atoms with Gasteiger partial charge in [0, 0.05) is 30.4 Å². The minimum absolute atomic E-state index is 0.0434. The number of alkyl halides is 2. The zero-order valence-corrected chi connectivity index (χ0v) is 26.9. The lowest BCUT2D eigenvalue weighted by atomic mass is 9.88. The van der Waals surface area contributed by atoms with E-state index < -0.39 is 30.3 Å². The van der Waals surface area contributed by atoms with Gasteiger partial charge in [-0.1, -0.05) is 12.1 Å². The molecule has 0 aliphatic carbocycles. The summed E-state index contributed by atoms with van der Waals surface area (Å²) < 4.78 is 46.5. The van der Waals surface area contributed by atoms with Crippen molar-refractivity contribution in [2.45, 2.75) is 69.6 Å². The fourth-order valence-corrected chi connectivity index (χ4v) is 6.16.